The van der Waals surface area contributed by atoms with Crippen LogP contribution in [0.3, 0.4) is 0 Å². The molecule has 5 heteroatoms. The molecular formula is C21H21BrN2O2. The number of rotatable bonds is 4. The van der Waals surface area contributed by atoms with Crippen molar-refractivity contribution in [2.24, 2.45) is 0 Å². The number of aromatic nitrogens is 1. The van der Waals surface area contributed by atoms with Gasteiger partial charge in [0.05, 0.1) is 17.1 Å². The highest BCUT2D eigenvalue weighted by molar-refractivity contribution is 9.10. The molecule has 26 heavy (non-hydrogen) atoms. The van der Waals surface area contributed by atoms with Gasteiger partial charge in [-0.05, 0) is 46.1 Å². The topological polar surface area (TPSA) is 34.6 Å². The quantitative estimate of drug-likeness (QED) is 0.634. The number of halogens is 1. The molecular weight excluding hydrogens is 392 g/mol. The van der Waals surface area contributed by atoms with E-state index in [-0.39, 0.29) is 0 Å². The second kappa shape index (κ2) is 7.64. The molecule has 0 unspecified atom stereocenters. The van der Waals surface area contributed by atoms with Gasteiger partial charge in [0.15, 0.2) is 0 Å². The van der Waals surface area contributed by atoms with Gasteiger partial charge in [0.25, 0.3) is 0 Å². The molecule has 0 amide bonds. The first-order chi connectivity index (χ1) is 12.7. The molecule has 0 saturated carbocycles. The van der Waals surface area contributed by atoms with Gasteiger partial charge < -0.3 is 9.47 Å². The van der Waals surface area contributed by atoms with Crippen molar-refractivity contribution in [3.63, 3.8) is 0 Å². The van der Waals surface area contributed by atoms with Crippen molar-refractivity contribution >= 4 is 26.8 Å². The van der Waals surface area contributed by atoms with Gasteiger partial charge in [-0.15, -0.1) is 0 Å². The van der Waals surface area contributed by atoms with Gasteiger partial charge in [-0.25, -0.2) is 4.98 Å². The monoisotopic (exact) mass is 412 g/mol. The third-order valence-corrected chi connectivity index (χ3v) is 5.57. The molecule has 134 valence electrons. The van der Waals surface area contributed by atoms with E-state index in [0.29, 0.717) is 6.61 Å². The summed E-state index contributed by atoms with van der Waals surface area (Å²) in [5.41, 5.74) is 3.40. The third-order valence-electron chi connectivity index (χ3n) is 4.76. The van der Waals surface area contributed by atoms with E-state index >= 15 is 0 Å². The Hall–Kier alpha value is -2.11. The smallest absolute Gasteiger partial charge is 0.218 e. The van der Waals surface area contributed by atoms with E-state index in [4.69, 9.17) is 14.5 Å². The van der Waals surface area contributed by atoms with Gasteiger partial charge in [0.1, 0.15) is 12.4 Å². The SMILES string of the molecule is COc1ccc2nc3c(cc2c1Br)CN(CCc1ccccc1)CCO3. The summed E-state index contributed by atoms with van der Waals surface area (Å²) in [6.45, 7) is 3.42. The van der Waals surface area contributed by atoms with Crippen LogP contribution >= 0.6 is 15.9 Å². The highest BCUT2D eigenvalue weighted by atomic mass is 79.9. The van der Waals surface area contributed by atoms with E-state index < -0.39 is 0 Å². The fourth-order valence-corrected chi connectivity index (χ4v) is 3.94. The van der Waals surface area contributed by atoms with Gasteiger partial charge in [-0.1, -0.05) is 30.3 Å². The molecule has 4 rings (SSSR count). The Bertz CT molecular complexity index is 915. The van der Waals surface area contributed by atoms with Crippen LogP contribution in [0.4, 0.5) is 0 Å². The van der Waals surface area contributed by atoms with Crippen molar-refractivity contribution in [3.05, 3.63) is 64.1 Å². The fraction of sp³-hybridized carbons (Fsp3) is 0.286. The number of hydrogen-bond donors (Lipinski definition) is 0. The average Bonchev–Trinajstić information content (AvgIpc) is 2.88. The molecule has 0 aliphatic carbocycles. The van der Waals surface area contributed by atoms with Crippen molar-refractivity contribution in [1.29, 1.82) is 0 Å². The lowest BCUT2D eigenvalue weighted by molar-refractivity contribution is 0.225. The van der Waals surface area contributed by atoms with E-state index in [1.165, 1.54) is 5.56 Å². The Morgan fingerprint density at radius 1 is 1.19 bits per heavy atom. The largest absolute Gasteiger partial charge is 0.496 e. The Labute approximate surface area is 161 Å². The van der Waals surface area contributed by atoms with Crippen molar-refractivity contribution in [3.8, 4) is 11.6 Å². The number of benzene rings is 2. The molecule has 4 nitrogen and oxygen atoms in total. The molecule has 1 aliphatic rings. The van der Waals surface area contributed by atoms with E-state index in [9.17, 15) is 0 Å². The molecule has 0 bridgehead atoms. The molecule has 0 atom stereocenters. The van der Waals surface area contributed by atoms with E-state index in [1.54, 1.807) is 7.11 Å². The summed E-state index contributed by atoms with van der Waals surface area (Å²) >= 11 is 3.65. The Kier molecular flexibility index (Phi) is 5.09. The Morgan fingerprint density at radius 3 is 2.85 bits per heavy atom. The van der Waals surface area contributed by atoms with Crippen LogP contribution in [-0.4, -0.2) is 36.7 Å². The zero-order valence-electron chi connectivity index (χ0n) is 14.7. The predicted molar refractivity (Wildman–Crippen MR) is 107 cm³/mol. The summed E-state index contributed by atoms with van der Waals surface area (Å²) in [4.78, 5) is 7.16. The second-order valence-electron chi connectivity index (χ2n) is 6.46. The van der Waals surface area contributed by atoms with E-state index in [2.05, 4.69) is 57.2 Å². The van der Waals surface area contributed by atoms with Crippen molar-refractivity contribution in [1.82, 2.24) is 9.88 Å². The van der Waals surface area contributed by atoms with Crippen LogP contribution < -0.4 is 9.47 Å². The van der Waals surface area contributed by atoms with E-state index in [0.717, 1.165) is 58.6 Å². The first kappa shape index (κ1) is 17.3. The lowest BCUT2D eigenvalue weighted by Crippen LogP contribution is -2.27. The van der Waals surface area contributed by atoms with Gasteiger partial charge in [-0.3, -0.25) is 4.90 Å². The minimum Gasteiger partial charge on any atom is -0.496 e. The summed E-state index contributed by atoms with van der Waals surface area (Å²) in [5, 5.41) is 1.05. The van der Waals surface area contributed by atoms with Crippen LogP contribution in [0.5, 0.6) is 11.6 Å². The molecule has 1 aliphatic heterocycles. The Balaban J connectivity index is 1.59. The predicted octanol–water partition coefficient (Wildman–Crippen LogP) is 4.44. The van der Waals surface area contributed by atoms with Crippen LogP contribution in [0, 0.1) is 0 Å². The van der Waals surface area contributed by atoms with E-state index in [1.807, 2.05) is 12.1 Å². The zero-order chi connectivity index (χ0) is 17.9. The normalized spacial score (nSPS) is 14.5. The van der Waals surface area contributed by atoms with Gasteiger partial charge >= 0.3 is 0 Å². The second-order valence-corrected chi connectivity index (χ2v) is 7.25. The van der Waals surface area contributed by atoms with Crippen LogP contribution in [0.15, 0.2) is 53.0 Å². The first-order valence-corrected chi connectivity index (χ1v) is 9.59. The van der Waals surface area contributed by atoms with Gasteiger partial charge in [0.2, 0.25) is 5.88 Å². The molecule has 3 aromatic rings. The highest BCUT2D eigenvalue weighted by Crippen LogP contribution is 2.35. The number of pyridine rings is 1. The minimum atomic E-state index is 0.664. The highest BCUT2D eigenvalue weighted by Gasteiger charge is 2.19. The van der Waals surface area contributed by atoms with Crippen molar-refractivity contribution < 1.29 is 9.47 Å². The number of methoxy groups -OCH3 is 1. The molecule has 1 aromatic heterocycles. The zero-order valence-corrected chi connectivity index (χ0v) is 16.3. The number of fused-ring (bicyclic) bond motifs is 2. The van der Waals surface area contributed by atoms with Crippen molar-refractivity contribution in [2.75, 3.05) is 26.8 Å². The number of hydrogen-bond acceptors (Lipinski definition) is 4. The minimum absolute atomic E-state index is 0.664. The summed E-state index contributed by atoms with van der Waals surface area (Å²) in [7, 11) is 1.68. The van der Waals surface area contributed by atoms with Crippen LogP contribution in [-0.2, 0) is 13.0 Å². The van der Waals surface area contributed by atoms with Crippen LogP contribution in [0.1, 0.15) is 11.1 Å². The number of ether oxygens (including phenoxy) is 2. The lowest BCUT2D eigenvalue weighted by Gasteiger charge is -2.19. The molecule has 0 saturated heterocycles. The van der Waals surface area contributed by atoms with Crippen LogP contribution in [0.2, 0.25) is 0 Å². The van der Waals surface area contributed by atoms with Gasteiger partial charge in [0, 0.05) is 30.6 Å². The third kappa shape index (κ3) is 3.55. The molecule has 0 N–H and O–H groups in total. The number of nitrogens with zero attached hydrogens (tertiary/aromatic N) is 2. The fourth-order valence-electron chi connectivity index (χ4n) is 3.32. The summed E-state index contributed by atoms with van der Waals surface area (Å²) in [6, 6.07) is 16.7. The molecule has 0 spiro atoms. The Morgan fingerprint density at radius 2 is 2.04 bits per heavy atom. The summed E-state index contributed by atoms with van der Waals surface area (Å²) < 4.78 is 12.3. The standard InChI is InChI=1S/C21H21BrN2O2/c1-25-19-8-7-18-17(20(19)22)13-16-14-24(11-12-26-21(16)23-18)10-9-15-5-3-2-4-6-15/h2-8,13H,9-12,14H2,1H3. The summed E-state index contributed by atoms with van der Waals surface area (Å²) in [5.74, 6) is 1.56. The maximum absolute atomic E-state index is 5.94. The van der Waals surface area contributed by atoms with Crippen LogP contribution in [0.25, 0.3) is 10.9 Å². The summed E-state index contributed by atoms with van der Waals surface area (Å²) in [6.07, 6.45) is 1.04. The molecule has 2 aromatic carbocycles. The average molecular weight is 413 g/mol. The molecule has 0 fully saturated rings. The lowest BCUT2D eigenvalue weighted by atomic mass is 10.1. The maximum atomic E-state index is 5.94. The van der Waals surface area contributed by atoms with Crippen molar-refractivity contribution in [2.45, 2.75) is 13.0 Å². The first-order valence-electron chi connectivity index (χ1n) is 8.80. The molecule has 2 heterocycles. The van der Waals surface area contributed by atoms with Gasteiger partial charge in [-0.2, -0.15) is 0 Å². The molecule has 0 radical (unpaired) electrons. The maximum Gasteiger partial charge on any atom is 0.218 e.